The molecule has 3 aromatic rings. The fourth-order valence-electron chi connectivity index (χ4n) is 7.75. The van der Waals surface area contributed by atoms with E-state index in [1.165, 1.54) is 31.5 Å². The molecule has 3 saturated heterocycles. The molecule has 6 nitrogen and oxygen atoms in total. The molecule has 7 rings (SSSR count). The second kappa shape index (κ2) is 10.0. The molecule has 0 radical (unpaired) electrons. The Morgan fingerprint density at radius 3 is 2.49 bits per heavy atom. The highest BCUT2D eigenvalue weighted by Crippen LogP contribution is 2.51. The van der Waals surface area contributed by atoms with Crippen molar-refractivity contribution in [3.05, 3.63) is 63.8 Å². The zero-order valence-electron chi connectivity index (χ0n) is 24.6. The summed E-state index contributed by atoms with van der Waals surface area (Å²) in [5.74, 6) is 6.41. The van der Waals surface area contributed by atoms with Crippen molar-refractivity contribution in [3.8, 4) is 11.8 Å². The highest BCUT2D eigenvalue weighted by molar-refractivity contribution is 6.20. The molecular formula is C35H41N3O3. The minimum absolute atomic E-state index is 0.0628. The molecule has 0 atom stereocenters. The Kier molecular flexibility index (Phi) is 6.54. The van der Waals surface area contributed by atoms with Gasteiger partial charge in [0.2, 0.25) is 0 Å². The van der Waals surface area contributed by atoms with Gasteiger partial charge in [0.1, 0.15) is 5.60 Å². The summed E-state index contributed by atoms with van der Waals surface area (Å²) in [5.41, 5.74) is 6.39. The first kappa shape index (κ1) is 26.8. The number of ether oxygens (including phenoxy) is 1. The second-order valence-electron chi connectivity index (χ2n) is 13.1. The number of H-pyrrole nitrogens is 1. The molecule has 4 heterocycles. The predicted molar refractivity (Wildman–Crippen MR) is 163 cm³/mol. The minimum atomic E-state index is -1.12. The largest absolute Gasteiger partial charge is 0.381 e. The summed E-state index contributed by atoms with van der Waals surface area (Å²) in [7, 11) is 0. The van der Waals surface area contributed by atoms with Crippen molar-refractivity contribution < 1.29 is 14.6 Å². The smallest absolute Gasteiger partial charge is 0.195 e. The van der Waals surface area contributed by atoms with Crippen LogP contribution in [0.4, 0.5) is 5.69 Å². The van der Waals surface area contributed by atoms with E-state index in [9.17, 15) is 9.90 Å². The number of hydrogen-bond donors (Lipinski definition) is 2. The number of carbonyl (C=O) groups excluding carboxylic acids is 1. The van der Waals surface area contributed by atoms with Gasteiger partial charge >= 0.3 is 0 Å². The van der Waals surface area contributed by atoms with Crippen LogP contribution in [-0.4, -0.2) is 71.8 Å². The molecule has 1 spiro atoms. The number of ketones is 1. The van der Waals surface area contributed by atoms with Crippen LogP contribution in [0.2, 0.25) is 0 Å². The number of aromatic nitrogens is 1. The number of anilines is 1. The number of fused-ring (bicyclic) bond motifs is 6. The number of piperidine rings is 1. The van der Waals surface area contributed by atoms with Crippen molar-refractivity contribution in [2.75, 3.05) is 44.3 Å². The van der Waals surface area contributed by atoms with Crippen LogP contribution in [0, 0.1) is 18.8 Å². The maximum absolute atomic E-state index is 14.4. The number of rotatable bonds is 2. The van der Waals surface area contributed by atoms with E-state index >= 15 is 0 Å². The van der Waals surface area contributed by atoms with Gasteiger partial charge in [-0.1, -0.05) is 24.0 Å². The first-order valence-corrected chi connectivity index (χ1v) is 15.4. The van der Waals surface area contributed by atoms with Crippen molar-refractivity contribution in [1.29, 1.82) is 0 Å². The number of hydrogen-bond acceptors (Lipinski definition) is 5. The third-order valence-corrected chi connectivity index (χ3v) is 9.87. The molecule has 0 amide bonds. The van der Waals surface area contributed by atoms with Gasteiger partial charge in [-0.3, -0.25) is 4.79 Å². The van der Waals surface area contributed by atoms with Crippen molar-refractivity contribution in [3.63, 3.8) is 0 Å². The van der Waals surface area contributed by atoms with Crippen LogP contribution >= 0.6 is 0 Å². The molecule has 0 unspecified atom stereocenters. The Bertz CT molecular complexity index is 1560. The van der Waals surface area contributed by atoms with Crippen LogP contribution in [0.5, 0.6) is 0 Å². The van der Waals surface area contributed by atoms with Gasteiger partial charge in [0, 0.05) is 65.5 Å². The van der Waals surface area contributed by atoms with E-state index in [0.717, 1.165) is 83.3 Å². The molecule has 2 N–H and O–H groups in total. The van der Waals surface area contributed by atoms with Crippen molar-refractivity contribution in [1.82, 2.24) is 9.88 Å². The van der Waals surface area contributed by atoms with E-state index in [1.807, 2.05) is 6.07 Å². The standard InChI is InChI=1S/C35H41N3O3/c1-23-6-7-26-29(20-23)36-33-31(26)32(39)27-21-24(8-11-34(2,3)40)30(22-28(27)35(33)12-18-41-19-13-35)38-16-9-25(10-17-38)37-14-4-5-15-37/h6-7,20-22,25,36,40H,4-5,9-10,12-19H2,1-3H3. The lowest BCUT2D eigenvalue weighted by Gasteiger charge is -2.43. The van der Waals surface area contributed by atoms with Crippen molar-refractivity contribution in [2.24, 2.45) is 0 Å². The minimum Gasteiger partial charge on any atom is -0.381 e. The number of likely N-dealkylation sites (tertiary alicyclic amines) is 1. The normalized spacial score (nSPS) is 21.2. The van der Waals surface area contributed by atoms with Gasteiger partial charge in [0.25, 0.3) is 0 Å². The first-order valence-electron chi connectivity index (χ1n) is 15.4. The maximum atomic E-state index is 14.4. The van der Waals surface area contributed by atoms with Crippen molar-refractivity contribution in [2.45, 2.75) is 76.4 Å². The van der Waals surface area contributed by atoms with Crippen molar-refractivity contribution >= 4 is 22.4 Å². The van der Waals surface area contributed by atoms with Gasteiger partial charge in [-0.25, -0.2) is 0 Å². The van der Waals surface area contributed by atoms with Crippen LogP contribution in [0.15, 0.2) is 30.3 Å². The van der Waals surface area contributed by atoms with Crippen LogP contribution in [0.25, 0.3) is 10.9 Å². The molecule has 0 bridgehead atoms. The number of aryl methyl sites for hydroxylation is 1. The van der Waals surface area contributed by atoms with Crippen LogP contribution in [-0.2, 0) is 10.2 Å². The van der Waals surface area contributed by atoms with Gasteiger partial charge in [-0.05, 0) is 102 Å². The van der Waals surface area contributed by atoms with E-state index in [4.69, 9.17) is 4.74 Å². The lowest BCUT2D eigenvalue weighted by molar-refractivity contribution is 0.0602. The Morgan fingerprint density at radius 1 is 1.05 bits per heavy atom. The van der Waals surface area contributed by atoms with Gasteiger partial charge in [-0.15, -0.1) is 0 Å². The monoisotopic (exact) mass is 551 g/mol. The highest BCUT2D eigenvalue weighted by Gasteiger charge is 2.47. The zero-order valence-corrected chi connectivity index (χ0v) is 24.6. The first-order chi connectivity index (χ1) is 19.7. The topological polar surface area (TPSA) is 68.8 Å². The van der Waals surface area contributed by atoms with E-state index in [0.29, 0.717) is 19.3 Å². The van der Waals surface area contributed by atoms with Crippen LogP contribution in [0.3, 0.4) is 0 Å². The molecule has 0 saturated carbocycles. The molecule has 41 heavy (non-hydrogen) atoms. The SMILES string of the molecule is Cc1ccc2c3c([nH]c2c1)C1(CCOCC1)c1cc(N2CCC(N4CCCC4)CC2)c(C#CC(C)(C)O)cc1C3=O. The fraction of sp³-hybridized carbons (Fsp3) is 0.514. The molecule has 4 aliphatic rings. The molecule has 214 valence electrons. The van der Waals surface area contributed by atoms with Gasteiger partial charge in [-0.2, -0.15) is 0 Å². The van der Waals surface area contributed by atoms with E-state index in [1.54, 1.807) is 13.8 Å². The quantitative estimate of drug-likeness (QED) is 0.423. The lowest BCUT2D eigenvalue weighted by atomic mass is 9.64. The van der Waals surface area contributed by atoms with Gasteiger partial charge in [0.15, 0.2) is 5.78 Å². The molecule has 2 aromatic carbocycles. The molecule has 1 aliphatic carbocycles. The summed E-state index contributed by atoms with van der Waals surface area (Å²) in [6, 6.07) is 11.3. The van der Waals surface area contributed by atoms with Crippen LogP contribution < -0.4 is 4.90 Å². The second-order valence-corrected chi connectivity index (χ2v) is 13.1. The number of benzene rings is 2. The summed E-state index contributed by atoms with van der Waals surface area (Å²) >= 11 is 0. The third kappa shape index (κ3) is 4.59. The summed E-state index contributed by atoms with van der Waals surface area (Å²) in [6.07, 6.45) is 6.57. The number of nitrogens with zero attached hydrogens (tertiary/aromatic N) is 2. The number of aliphatic hydroxyl groups is 1. The van der Waals surface area contributed by atoms with Gasteiger partial charge < -0.3 is 24.6 Å². The fourth-order valence-corrected chi connectivity index (χ4v) is 7.75. The highest BCUT2D eigenvalue weighted by atomic mass is 16.5. The average molecular weight is 552 g/mol. The maximum Gasteiger partial charge on any atom is 0.195 e. The Labute approximate surface area is 243 Å². The Hall–Kier alpha value is -3.11. The van der Waals surface area contributed by atoms with Gasteiger partial charge in [0.05, 0.1) is 11.3 Å². The van der Waals surface area contributed by atoms with Crippen LogP contribution in [0.1, 0.15) is 90.7 Å². The van der Waals surface area contributed by atoms with E-state index < -0.39 is 5.60 Å². The summed E-state index contributed by atoms with van der Waals surface area (Å²) < 4.78 is 5.89. The van der Waals surface area contributed by atoms with E-state index in [-0.39, 0.29) is 11.2 Å². The summed E-state index contributed by atoms with van der Waals surface area (Å²) in [4.78, 5) is 23.2. The predicted octanol–water partition coefficient (Wildman–Crippen LogP) is 5.30. The summed E-state index contributed by atoms with van der Waals surface area (Å²) in [5, 5.41) is 11.5. The lowest BCUT2D eigenvalue weighted by Crippen LogP contribution is -2.44. The molecule has 6 heteroatoms. The molecule has 3 fully saturated rings. The number of nitrogens with one attached hydrogen (secondary N) is 1. The Balaban J connectivity index is 1.38. The zero-order chi connectivity index (χ0) is 28.4. The molecular weight excluding hydrogens is 510 g/mol. The molecule has 3 aliphatic heterocycles. The Morgan fingerprint density at radius 2 is 1.78 bits per heavy atom. The third-order valence-electron chi connectivity index (χ3n) is 9.87. The van der Waals surface area contributed by atoms with E-state index in [2.05, 4.69) is 57.8 Å². The number of carbonyl (C=O) groups is 1. The summed E-state index contributed by atoms with van der Waals surface area (Å²) in [6.45, 7) is 11.2. The average Bonchev–Trinajstić information content (AvgIpc) is 3.64. The molecule has 1 aromatic heterocycles. The number of aromatic amines is 1.